The number of hydrogen-bond donors (Lipinski definition) is 2. The van der Waals surface area contributed by atoms with Gasteiger partial charge in [-0.15, -0.1) is 0 Å². The first-order valence-electron chi connectivity index (χ1n) is 10.1. The number of aromatic amines is 1. The topological polar surface area (TPSA) is 39.3 Å². The molecular weight excluding hydrogens is 332 g/mol. The highest BCUT2D eigenvalue weighted by molar-refractivity contribution is 5.86. The van der Waals surface area contributed by atoms with Gasteiger partial charge in [0, 0.05) is 42.3 Å². The Labute approximate surface area is 160 Å². The van der Waals surface area contributed by atoms with Gasteiger partial charge in [-0.05, 0) is 60.4 Å². The van der Waals surface area contributed by atoms with Crippen LogP contribution in [-0.4, -0.2) is 34.6 Å². The fourth-order valence-electron chi connectivity index (χ4n) is 4.83. The molecule has 2 aromatic carbocycles. The van der Waals surface area contributed by atoms with Crippen molar-refractivity contribution in [1.29, 1.82) is 0 Å². The van der Waals surface area contributed by atoms with Gasteiger partial charge in [-0.25, -0.2) is 0 Å². The van der Waals surface area contributed by atoms with Crippen molar-refractivity contribution in [3.05, 3.63) is 71.4 Å². The Morgan fingerprint density at radius 1 is 1.11 bits per heavy atom. The van der Waals surface area contributed by atoms with Crippen LogP contribution in [0.2, 0.25) is 0 Å². The SMILES string of the molecule is Oc1ccc2c3c([nH]c2c1)CCC(CN1CCC=C(c2ccccc2)C1)C3. The minimum atomic E-state index is 0.339. The first-order valence-corrected chi connectivity index (χ1v) is 10.1. The number of H-pyrrole nitrogens is 1. The summed E-state index contributed by atoms with van der Waals surface area (Å²) in [6.45, 7) is 3.41. The minimum absolute atomic E-state index is 0.339. The molecule has 0 spiro atoms. The first kappa shape index (κ1) is 16.6. The maximum atomic E-state index is 9.75. The molecule has 138 valence electrons. The van der Waals surface area contributed by atoms with Crippen molar-refractivity contribution < 1.29 is 5.11 Å². The van der Waals surface area contributed by atoms with Gasteiger partial charge in [0.05, 0.1) is 0 Å². The number of nitrogens with zero attached hydrogens (tertiary/aromatic N) is 1. The maximum Gasteiger partial charge on any atom is 0.117 e. The lowest BCUT2D eigenvalue weighted by molar-refractivity contribution is 0.240. The van der Waals surface area contributed by atoms with E-state index in [1.807, 2.05) is 12.1 Å². The second kappa shape index (κ2) is 6.90. The molecule has 5 rings (SSSR count). The molecule has 2 heterocycles. The van der Waals surface area contributed by atoms with E-state index in [2.05, 4.69) is 52.4 Å². The van der Waals surface area contributed by atoms with E-state index < -0.39 is 0 Å². The molecule has 1 aliphatic heterocycles. The number of hydrogen-bond acceptors (Lipinski definition) is 2. The van der Waals surface area contributed by atoms with Gasteiger partial charge in [0.2, 0.25) is 0 Å². The Kier molecular flexibility index (Phi) is 4.25. The molecule has 0 bridgehead atoms. The zero-order valence-electron chi connectivity index (χ0n) is 15.6. The smallest absolute Gasteiger partial charge is 0.117 e. The third kappa shape index (κ3) is 3.28. The third-order valence-corrected chi connectivity index (χ3v) is 6.16. The Morgan fingerprint density at radius 3 is 2.89 bits per heavy atom. The summed E-state index contributed by atoms with van der Waals surface area (Å²) in [5, 5.41) is 11.0. The summed E-state index contributed by atoms with van der Waals surface area (Å²) in [5.74, 6) is 1.05. The fourth-order valence-corrected chi connectivity index (χ4v) is 4.83. The number of aromatic hydroxyl groups is 1. The van der Waals surface area contributed by atoms with E-state index >= 15 is 0 Å². The van der Waals surface area contributed by atoms with E-state index in [-0.39, 0.29) is 0 Å². The van der Waals surface area contributed by atoms with Crippen molar-refractivity contribution in [3.8, 4) is 5.75 Å². The number of phenols is 1. The predicted octanol–water partition coefficient (Wildman–Crippen LogP) is 4.77. The number of nitrogens with one attached hydrogen (secondary N) is 1. The molecule has 0 radical (unpaired) electrons. The number of phenolic OH excluding ortho intramolecular Hbond substituents is 1. The second-order valence-corrected chi connectivity index (χ2v) is 8.04. The van der Waals surface area contributed by atoms with Gasteiger partial charge in [0.1, 0.15) is 5.75 Å². The Balaban J connectivity index is 1.30. The average molecular weight is 358 g/mol. The molecule has 0 fully saturated rings. The lowest BCUT2D eigenvalue weighted by Gasteiger charge is -2.32. The second-order valence-electron chi connectivity index (χ2n) is 8.04. The first-order chi connectivity index (χ1) is 13.3. The highest BCUT2D eigenvalue weighted by atomic mass is 16.3. The van der Waals surface area contributed by atoms with Crippen molar-refractivity contribution in [2.45, 2.75) is 25.7 Å². The van der Waals surface area contributed by atoms with Crippen molar-refractivity contribution >= 4 is 16.5 Å². The van der Waals surface area contributed by atoms with E-state index in [1.54, 1.807) is 0 Å². The van der Waals surface area contributed by atoms with E-state index in [0.29, 0.717) is 11.7 Å². The molecule has 0 amide bonds. The molecule has 1 aliphatic carbocycles. The number of fused-ring (bicyclic) bond motifs is 3. The van der Waals surface area contributed by atoms with E-state index in [1.165, 1.54) is 47.3 Å². The molecule has 0 saturated heterocycles. The lowest BCUT2D eigenvalue weighted by Crippen LogP contribution is -2.35. The normalized spacial score (nSPS) is 20.4. The highest BCUT2D eigenvalue weighted by Crippen LogP contribution is 2.34. The Bertz CT molecular complexity index is 986. The summed E-state index contributed by atoms with van der Waals surface area (Å²) < 4.78 is 0. The molecule has 3 nitrogen and oxygen atoms in total. The van der Waals surface area contributed by atoms with E-state index in [0.717, 1.165) is 31.3 Å². The predicted molar refractivity (Wildman–Crippen MR) is 111 cm³/mol. The van der Waals surface area contributed by atoms with Crippen LogP contribution in [0.1, 0.15) is 29.7 Å². The van der Waals surface area contributed by atoms with Crippen molar-refractivity contribution in [3.63, 3.8) is 0 Å². The summed E-state index contributed by atoms with van der Waals surface area (Å²) in [5.41, 5.74) is 6.76. The van der Waals surface area contributed by atoms with Crippen LogP contribution < -0.4 is 0 Å². The zero-order chi connectivity index (χ0) is 18.2. The van der Waals surface area contributed by atoms with Gasteiger partial charge in [-0.1, -0.05) is 36.4 Å². The highest BCUT2D eigenvalue weighted by Gasteiger charge is 2.25. The largest absolute Gasteiger partial charge is 0.508 e. The zero-order valence-corrected chi connectivity index (χ0v) is 15.6. The van der Waals surface area contributed by atoms with E-state index in [9.17, 15) is 5.11 Å². The summed E-state index contributed by atoms with van der Waals surface area (Å²) in [6, 6.07) is 16.5. The third-order valence-electron chi connectivity index (χ3n) is 6.16. The van der Waals surface area contributed by atoms with Crippen LogP contribution in [-0.2, 0) is 12.8 Å². The molecule has 1 unspecified atom stereocenters. The van der Waals surface area contributed by atoms with Crippen LogP contribution in [0.25, 0.3) is 16.5 Å². The Morgan fingerprint density at radius 2 is 2.00 bits per heavy atom. The number of benzene rings is 2. The summed E-state index contributed by atoms with van der Waals surface area (Å²) in [6.07, 6.45) is 7.06. The van der Waals surface area contributed by atoms with Crippen molar-refractivity contribution in [2.24, 2.45) is 5.92 Å². The minimum Gasteiger partial charge on any atom is -0.508 e. The number of aromatic nitrogens is 1. The standard InChI is InChI=1S/C24H26N2O/c27-20-9-10-21-22-13-17(8-11-23(22)25-24(21)14-20)15-26-12-4-7-19(16-26)18-5-2-1-3-6-18/h1-3,5-7,9-10,14,17,25,27H,4,8,11-13,15-16H2. The van der Waals surface area contributed by atoms with Gasteiger partial charge >= 0.3 is 0 Å². The molecule has 2 aliphatic rings. The van der Waals surface area contributed by atoms with Crippen LogP contribution in [0.15, 0.2) is 54.6 Å². The number of aryl methyl sites for hydroxylation is 1. The summed E-state index contributed by atoms with van der Waals surface area (Å²) in [7, 11) is 0. The van der Waals surface area contributed by atoms with Crippen molar-refractivity contribution in [2.75, 3.05) is 19.6 Å². The molecule has 3 heteroatoms. The van der Waals surface area contributed by atoms with Crippen LogP contribution >= 0.6 is 0 Å². The van der Waals surface area contributed by atoms with Gasteiger partial charge in [0.25, 0.3) is 0 Å². The molecule has 1 aromatic heterocycles. The quantitative estimate of drug-likeness (QED) is 0.708. The molecular formula is C24H26N2O. The van der Waals surface area contributed by atoms with Crippen molar-refractivity contribution in [1.82, 2.24) is 9.88 Å². The van der Waals surface area contributed by atoms with Crippen LogP contribution in [0.4, 0.5) is 0 Å². The van der Waals surface area contributed by atoms with Gasteiger partial charge in [-0.2, -0.15) is 0 Å². The van der Waals surface area contributed by atoms with Crippen LogP contribution in [0.5, 0.6) is 5.75 Å². The van der Waals surface area contributed by atoms with E-state index in [4.69, 9.17) is 0 Å². The van der Waals surface area contributed by atoms with Crippen LogP contribution in [0, 0.1) is 5.92 Å². The monoisotopic (exact) mass is 358 g/mol. The summed E-state index contributed by atoms with van der Waals surface area (Å²) in [4.78, 5) is 6.16. The molecule has 2 N–H and O–H groups in total. The Hall–Kier alpha value is -2.52. The average Bonchev–Trinajstić information content (AvgIpc) is 3.06. The lowest BCUT2D eigenvalue weighted by atomic mass is 9.85. The van der Waals surface area contributed by atoms with Gasteiger partial charge < -0.3 is 10.1 Å². The number of rotatable bonds is 3. The maximum absolute atomic E-state index is 9.75. The molecule has 1 atom stereocenters. The van der Waals surface area contributed by atoms with Crippen LogP contribution in [0.3, 0.4) is 0 Å². The molecule has 27 heavy (non-hydrogen) atoms. The van der Waals surface area contributed by atoms with Gasteiger partial charge in [-0.3, -0.25) is 4.90 Å². The van der Waals surface area contributed by atoms with Gasteiger partial charge in [0.15, 0.2) is 0 Å². The molecule has 0 saturated carbocycles. The fraction of sp³-hybridized carbons (Fsp3) is 0.333. The summed E-state index contributed by atoms with van der Waals surface area (Å²) >= 11 is 0. The molecule has 3 aromatic rings.